The molecule has 0 amide bonds. The van der Waals surface area contributed by atoms with Crippen molar-refractivity contribution in [2.75, 3.05) is 58.9 Å². The van der Waals surface area contributed by atoms with E-state index in [9.17, 15) is 20.4 Å². The van der Waals surface area contributed by atoms with E-state index in [0.29, 0.717) is 40.6 Å². The summed E-state index contributed by atoms with van der Waals surface area (Å²) in [6, 6.07) is 8.01. The minimum Gasteiger partial charge on any atom is -0.493 e. The first-order chi connectivity index (χ1) is 18.7. The summed E-state index contributed by atoms with van der Waals surface area (Å²) in [5, 5.41) is 46.4. The molecule has 4 rings (SSSR count). The van der Waals surface area contributed by atoms with Crippen LogP contribution in [0.4, 0.5) is 11.5 Å². The quantitative estimate of drug-likeness (QED) is 0.202. The average Bonchev–Trinajstić information content (AvgIpc) is 2.94. The van der Waals surface area contributed by atoms with Gasteiger partial charge in [-0.1, -0.05) is 11.6 Å². The van der Waals surface area contributed by atoms with Gasteiger partial charge in [-0.25, -0.2) is 9.97 Å². The SMILES string of the molecule is COc1cc2c(Nc3ccc(Br)c(Cl)c3)ncnc2cc1O[C@H](CO)[C@H](O)[C@@H](O)[C@@H](CO)N1CCN(C)CC1.O. The molecule has 0 bridgehead atoms. The summed E-state index contributed by atoms with van der Waals surface area (Å²) in [4.78, 5) is 12.8. The number of aliphatic hydroxyl groups excluding tert-OH is 4. The molecule has 1 fully saturated rings. The van der Waals surface area contributed by atoms with Crippen LogP contribution in [0.5, 0.6) is 11.5 Å². The molecule has 2 aromatic carbocycles. The second-order valence-electron chi connectivity index (χ2n) is 9.41. The molecule has 0 radical (unpaired) electrons. The Labute approximate surface area is 245 Å². The van der Waals surface area contributed by atoms with Crippen LogP contribution in [0.15, 0.2) is 41.1 Å². The summed E-state index contributed by atoms with van der Waals surface area (Å²) < 4.78 is 12.3. The van der Waals surface area contributed by atoms with Crippen LogP contribution >= 0.6 is 27.5 Å². The van der Waals surface area contributed by atoms with Crippen LogP contribution < -0.4 is 14.8 Å². The van der Waals surface area contributed by atoms with Crippen LogP contribution in [0, 0.1) is 0 Å². The highest BCUT2D eigenvalue weighted by Crippen LogP contribution is 2.36. The third-order valence-corrected chi connectivity index (χ3v) is 8.11. The van der Waals surface area contributed by atoms with Gasteiger partial charge in [-0.15, -0.1) is 0 Å². The molecular formula is C26H35BrClN5O7. The van der Waals surface area contributed by atoms with Gasteiger partial charge in [0, 0.05) is 47.8 Å². The number of likely N-dealkylation sites (N-methyl/N-ethyl adjacent to an activating group) is 1. The molecule has 1 aromatic heterocycles. The Balaban J connectivity index is 0.00000441. The van der Waals surface area contributed by atoms with Gasteiger partial charge >= 0.3 is 0 Å². The van der Waals surface area contributed by atoms with Crippen LogP contribution in [0.25, 0.3) is 10.9 Å². The van der Waals surface area contributed by atoms with Crippen molar-refractivity contribution in [2.45, 2.75) is 24.4 Å². The summed E-state index contributed by atoms with van der Waals surface area (Å²) in [5.41, 5.74) is 1.24. The largest absolute Gasteiger partial charge is 0.493 e. The van der Waals surface area contributed by atoms with E-state index in [1.165, 1.54) is 13.4 Å². The monoisotopic (exact) mass is 643 g/mol. The molecule has 1 aliphatic heterocycles. The zero-order valence-electron chi connectivity index (χ0n) is 22.2. The molecule has 0 saturated carbocycles. The van der Waals surface area contributed by atoms with Crippen molar-refractivity contribution in [3.8, 4) is 11.5 Å². The second kappa shape index (κ2) is 14.5. The fourth-order valence-electron chi connectivity index (χ4n) is 4.54. The highest BCUT2D eigenvalue weighted by atomic mass is 79.9. The van der Waals surface area contributed by atoms with Gasteiger partial charge in [0.25, 0.3) is 0 Å². The number of aromatic nitrogens is 2. The van der Waals surface area contributed by atoms with Gasteiger partial charge in [0.05, 0.1) is 36.9 Å². The Morgan fingerprint density at radius 1 is 1.02 bits per heavy atom. The van der Waals surface area contributed by atoms with Crippen molar-refractivity contribution in [3.63, 3.8) is 0 Å². The van der Waals surface area contributed by atoms with Crippen LogP contribution in [-0.4, -0.2) is 124 Å². The Hall–Kier alpha value is -2.33. The van der Waals surface area contributed by atoms with Crippen molar-refractivity contribution in [3.05, 3.63) is 46.2 Å². The molecule has 3 aromatic rings. The van der Waals surface area contributed by atoms with Gasteiger partial charge in [-0.2, -0.15) is 0 Å². The van der Waals surface area contributed by atoms with Gasteiger partial charge in [0.2, 0.25) is 0 Å². The maximum Gasteiger partial charge on any atom is 0.164 e. The Morgan fingerprint density at radius 2 is 1.75 bits per heavy atom. The zero-order chi connectivity index (χ0) is 28.1. The van der Waals surface area contributed by atoms with Crippen molar-refractivity contribution in [1.29, 1.82) is 0 Å². The van der Waals surface area contributed by atoms with E-state index in [-0.39, 0.29) is 17.8 Å². The lowest BCUT2D eigenvalue weighted by atomic mass is 9.99. The third kappa shape index (κ3) is 7.29. The summed E-state index contributed by atoms with van der Waals surface area (Å²) in [6.07, 6.45) is -2.65. The molecule has 0 spiro atoms. The molecule has 7 N–H and O–H groups in total. The van der Waals surface area contributed by atoms with E-state index in [1.807, 2.05) is 24.1 Å². The van der Waals surface area contributed by atoms with Gasteiger partial charge in [0.15, 0.2) is 17.6 Å². The molecule has 0 aliphatic carbocycles. The molecule has 14 heteroatoms. The van der Waals surface area contributed by atoms with Gasteiger partial charge in [0.1, 0.15) is 24.4 Å². The van der Waals surface area contributed by atoms with Gasteiger partial charge < -0.3 is 45.6 Å². The number of piperazine rings is 1. The predicted molar refractivity (Wildman–Crippen MR) is 156 cm³/mol. The predicted octanol–water partition coefficient (Wildman–Crippen LogP) is 1.04. The number of anilines is 2. The first-order valence-electron chi connectivity index (χ1n) is 12.5. The summed E-state index contributed by atoms with van der Waals surface area (Å²) >= 11 is 9.60. The topological polar surface area (TPSA) is 175 Å². The second-order valence-corrected chi connectivity index (χ2v) is 10.7. The van der Waals surface area contributed by atoms with Crippen molar-refractivity contribution in [1.82, 2.24) is 19.8 Å². The van der Waals surface area contributed by atoms with Gasteiger partial charge in [-0.05, 0) is 47.2 Å². The molecule has 4 atom stereocenters. The number of nitrogens with one attached hydrogen (secondary N) is 1. The average molecular weight is 645 g/mol. The van der Waals surface area contributed by atoms with E-state index in [2.05, 4.69) is 36.1 Å². The Kier molecular flexibility index (Phi) is 11.7. The highest BCUT2D eigenvalue weighted by Gasteiger charge is 2.37. The lowest BCUT2D eigenvalue weighted by Crippen LogP contribution is -2.59. The number of hydrogen-bond donors (Lipinski definition) is 5. The Bertz CT molecular complexity index is 1270. The molecular weight excluding hydrogens is 610 g/mol. The maximum atomic E-state index is 11.0. The fourth-order valence-corrected chi connectivity index (χ4v) is 4.97. The molecule has 0 unspecified atom stereocenters. The standard InChI is InChI=1S/C26H33BrClN5O6.H2O/c1-32-5-7-33(8-6-32)20(12-34)24(36)25(37)23(13-35)39-22-11-19-16(10-21(22)38-2)26(30-14-29-19)31-15-3-4-17(27)18(28)9-15;/h3-4,9-11,14,20,23-25,34-37H,5-8,12-13H2,1-2H3,(H,29,30,31);1H2/t20-,23-,24+,25+;/m1./s1. The fraction of sp³-hybridized carbons (Fsp3) is 0.462. The summed E-state index contributed by atoms with van der Waals surface area (Å²) in [5.74, 6) is 1.04. The van der Waals surface area contributed by atoms with E-state index in [4.69, 9.17) is 21.1 Å². The van der Waals surface area contributed by atoms with Crippen LogP contribution in [0.3, 0.4) is 0 Å². The Morgan fingerprint density at radius 3 is 2.38 bits per heavy atom. The number of rotatable bonds is 11. The highest BCUT2D eigenvalue weighted by molar-refractivity contribution is 9.10. The van der Waals surface area contributed by atoms with Crippen molar-refractivity contribution >= 4 is 49.9 Å². The lowest BCUT2D eigenvalue weighted by molar-refractivity contribution is -0.107. The molecule has 12 nitrogen and oxygen atoms in total. The first-order valence-corrected chi connectivity index (χ1v) is 13.6. The van der Waals surface area contributed by atoms with Crippen molar-refractivity contribution < 1.29 is 35.4 Å². The number of nitrogens with zero attached hydrogens (tertiary/aromatic N) is 4. The normalized spacial score (nSPS) is 17.5. The molecule has 40 heavy (non-hydrogen) atoms. The van der Waals surface area contributed by atoms with Crippen LogP contribution in [-0.2, 0) is 0 Å². The number of benzene rings is 2. The number of aliphatic hydroxyl groups is 4. The van der Waals surface area contributed by atoms with E-state index < -0.39 is 31.0 Å². The summed E-state index contributed by atoms with van der Waals surface area (Å²) in [7, 11) is 3.47. The van der Waals surface area contributed by atoms with Gasteiger partial charge in [-0.3, -0.25) is 4.90 Å². The summed E-state index contributed by atoms with van der Waals surface area (Å²) in [6.45, 7) is 1.90. The zero-order valence-corrected chi connectivity index (χ0v) is 24.5. The number of methoxy groups -OCH3 is 1. The van der Waals surface area contributed by atoms with E-state index in [1.54, 1.807) is 18.2 Å². The minimum atomic E-state index is -1.49. The maximum absolute atomic E-state index is 11.0. The lowest BCUT2D eigenvalue weighted by Gasteiger charge is -2.41. The number of halogens is 2. The van der Waals surface area contributed by atoms with Crippen molar-refractivity contribution in [2.24, 2.45) is 0 Å². The number of hydrogen-bond acceptors (Lipinski definition) is 11. The third-order valence-electron chi connectivity index (χ3n) is 6.88. The molecule has 1 saturated heterocycles. The minimum absolute atomic E-state index is 0. The van der Waals surface area contributed by atoms with E-state index >= 15 is 0 Å². The van der Waals surface area contributed by atoms with Crippen LogP contribution in [0.1, 0.15) is 0 Å². The molecule has 220 valence electrons. The van der Waals surface area contributed by atoms with E-state index in [0.717, 1.165) is 23.2 Å². The number of fused-ring (bicyclic) bond motifs is 1. The molecule has 2 heterocycles. The smallest absolute Gasteiger partial charge is 0.164 e. The van der Waals surface area contributed by atoms with Crippen LogP contribution in [0.2, 0.25) is 5.02 Å². The first kappa shape index (κ1) is 32.2. The molecule has 1 aliphatic rings. The number of ether oxygens (including phenoxy) is 2.